The summed E-state index contributed by atoms with van der Waals surface area (Å²) in [6.07, 6.45) is 2.28. The smallest absolute Gasteiger partial charge is 0.312 e. The van der Waals surface area contributed by atoms with Crippen LogP contribution in [0.5, 0.6) is 0 Å². The minimum Gasteiger partial charge on any atom is -0.352 e. The van der Waals surface area contributed by atoms with Crippen LogP contribution in [0.4, 0.5) is 4.79 Å². The second-order valence-corrected chi connectivity index (χ2v) is 7.83. The van der Waals surface area contributed by atoms with Crippen LogP contribution in [0.25, 0.3) is 0 Å². The fourth-order valence-corrected chi connectivity index (χ4v) is 3.41. The first kappa shape index (κ1) is 19.9. The highest BCUT2D eigenvalue weighted by Gasteiger charge is 2.33. The van der Waals surface area contributed by atoms with Crippen molar-refractivity contribution in [2.45, 2.75) is 57.7 Å². The average Bonchev–Trinajstić information content (AvgIpc) is 3.51. The van der Waals surface area contributed by atoms with Gasteiger partial charge in [-0.25, -0.2) is 4.79 Å². The highest BCUT2D eigenvalue weighted by Crippen LogP contribution is 2.30. The van der Waals surface area contributed by atoms with Gasteiger partial charge in [-0.1, -0.05) is 68.4 Å². The summed E-state index contributed by atoms with van der Waals surface area (Å²) in [5.41, 5.74) is 8.65. The van der Waals surface area contributed by atoms with E-state index in [0.717, 1.165) is 24.0 Å². The number of nitrogens with two attached hydrogens (primary N) is 1. The molecule has 0 heterocycles. The van der Waals surface area contributed by atoms with E-state index < -0.39 is 12.1 Å². The molecule has 0 aliphatic heterocycles. The highest BCUT2D eigenvalue weighted by atomic mass is 16.2. The van der Waals surface area contributed by atoms with Crippen LogP contribution in [0.2, 0.25) is 0 Å². The van der Waals surface area contributed by atoms with Crippen molar-refractivity contribution in [3.05, 3.63) is 71.3 Å². The largest absolute Gasteiger partial charge is 0.352 e. The minimum atomic E-state index is -0.621. The van der Waals surface area contributed by atoms with E-state index in [1.165, 1.54) is 5.56 Å². The number of rotatable bonds is 8. The van der Waals surface area contributed by atoms with Gasteiger partial charge in [0.15, 0.2) is 0 Å². The van der Waals surface area contributed by atoms with Crippen LogP contribution in [0, 0.1) is 0 Å². The van der Waals surface area contributed by atoms with E-state index in [1.807, 2.05) is 35.2 Å². The second-order valence-electron chi connectivity index (χ2n) is 7.83. The minimum absolute atomic E-state index is 0.0399. The first-order valence-corrected chi connectivity index (χ1v) is 9.93. The van der Waals surface area contributed by atoms with Crippen molar-refractivity contribution in [2.24, 2.45) is 5.73 Å². The molecule has 1 aliphatic rings. The van der Waals surface area contributed by atoms with Crippen LogP contribution in [0.3, 0.4) is 0 Å². The van der Waals surface area contributed by atoms with Crippen molar-refractivity contribution < 1.29 is 9.59 Å². The summed E-state index contributed by atoms with van der Waals surface area (Å²) < 4.78 is 0. The van der Waals surface area contributed by atoms with Gasteiger partial charge >= 0.3 is 6.03 Å². The fraction of sp³-hybridized carbons (Fsp3) is 0.391. The molecule has 148 valence electrons. The maximum Gasteiger partial charge on any atom is 0.312 e. The molecule has 28 heavy (non-hydrogen) atoms. The number of nitrogens with one attached hydrogen (secondary N) is 1. The molecule has 1 aliphatic carbocycles. The first-order chi connectivity index (χ1) is 13.4. The monoisotopic (exact) mass is 379 g/mol. The summed E-state index contributed by atoms with van der Waals surface area (Å²) in [5.74, 6) is 0.528. The average molecular weight is 380 g/mol. The van der Waals surface area contributed by atoms with Crippen molar-refractivity contribution in [2.75, 3.05) is 0 Å². The molecule has 5 nitrogen and oxygen atoms in total. The molecule has 0 aromatic heterocycles. The molecule has 3 rings (SSSR count). The van der Waals surface area contributed by atoms with Gasteiger partial charge in [-0.15, -0.1) is 0 Å². The third-order valence-electron chi connectivity index (χ3n) is 5.20. The van der Waals surface area contributed by atoms with Gasteiger partial charge in [0.1, 0.15) is 0 Å². The van der Waals surface area contributed by atoms with Gasteiger partial charge in [-0.3, -0.25) is 4.79 Å². The van der Waals surface area contributed by atoms with Gasteiger partial charge in [0, 0.05) is 12.6 Å². The zero-order chi connectivity index (χ0) is 20.1. The van der Waals surface area contributed by atoms with Crippen molar-refractivity contribution in [3.63, 3.8) is 0 Å². The van der Waals surface area contributed by atoms with Gasteiger partial charge in [-0.2, -0.15) is 0 Å². The van der Waals surface area contributed by atoms with Gasteiger partial charge in [0.2, 0.25) is 5.91 Å². The quantitative estimate of drug-likeness (QED) is 0.724. The summed E-state index contributed by atoms with van der Waals surface area (Å²) in [6, 6.07) is 17.2. The van der Waals surface area contributed by atoms with E-state index in [0.29, 0.717) is 18.5 Å². The fourth-order valence-electron chi connectivity index (χ4n) is 3.41. The van der Waals surface area contributed by atoms with Crippen LogP contribution in [-0.4, -0.2) is 22.9 Å². The predicted molar refractivity (Wildman–Crippen MR) is 111 cm³/mol. The number of urea groups is 1. The molecule has 0 unspecified atom stereocenters. The van der Waals surface area contributed by atoms with E-state index in [4.69, 9.17) is 5.73 Å². The van der Waals surface area contributed by atoms with Crippen LogP contribution < -0.4 is 11.1 Å². The lowest BCUT2D eigenvalue weighted by Gasteiger charge is -2.26. The number of hydrogen-bond acceptors (Lipinski definition) is 2. The molecule has 0 spiro atoms. The lowest BCUT2D eigenvalue weighted by molar-refractivity contribution is -0.133. The zero-order valence-electron chi connectivity index (χ0n) is 16.6. The van der Waals surface area contributed by atoms with E-state index >= 15 is 0 Å². The summed E-state index contributed by atoms with van der Waals surface area (Å²) >= 11 is 0. The molecule has 1 atom stereocenters. The van der Waals surface area contributed by atoms with Crippen molar-refractivity contribution in [1.82, 2.24) is 10.2 Å². The van der Waals surface area contributed by atoms with Gasteiger partial charge in [-0.05, 0) is 35.4 Å². The highest BCUT2D eigenvalue weighted by molar-refractivity contribution is 5.79. The molecular weight excluding hydrogens is 350 g/mol. The second kappa shape index (κ2) is 8.91. The molecular formula is C23H29N3O2. The molecule has 0 bridgehead atoms. The summed E-state index contributed by atoms with van der Waals surface area (Å²) in [4.78, 5) is 26.5. The zero-order valence-corrected chi connectivity index (χ0v) is 16.6. The molecule has 0 radical (unpaired) electrons. The summed E-state index contributed by atoms with van der Waals surface area (Å²) in [5, 5.41) is 2.72. The Morgan fingerprint density at radius 3 is 2.21 bits per heavy atom. The Labute approximate surface area is 166 Å². The van der Waals surface area contributed by atoms with Crippen LogP contribution in [0.15, 0.2) is 54.6 Å². The van der Waals surface area contributed by atoms with Crippen molar-refractivity contribution >= 4 is 11.9 Å². The Morgan fingerprint density at radius 2 is 1.68 bits per heavy atom. The Bertz CT molecular complexity index is 798. The Hall–Kier alpha value is -2.82. The molecule has 3 N–H and O–H groups in total. The number of amides is 3. The molecule has 2 aromatic rings. The SMILES string of the molecule is CC(C)c1ccc(CN(C(=O)C[C@H](NC(N)=O)c2ccccc2)C2CC2)cc1. The number of carbonyl (C=O) groups excluding carboxylic acids is 2. The van der Waals surface area contributed by atoms with E-state index in [9.17, 15) is 9.59 Å². The molecule has 1 saturated carbocycles. The molecule has 5 heteroatoms. The lowest BCUT2D eigenvalue weighted by atomic mass is 10.0. The van der Waals surface area contributed by atoms with Gasteiger partial charge < -0.3 is 16.0 Å². The third-order valence-corrected chi connectivity index (χ3v) is 5.20. The third kappa shape index (κ3) is 5.35. The predicted octanol–water partition coefficient (Wildman–Crippen LogP) is 4.10. The Morgan fingerprint density at radius 1 is 1.04 bits per heavy atom. The number of benzene rings is 2. The standard InChI is InChI=1S/C23H29N3O2/c1-16(2)18-10-8-17(9-11-18)15-26(20-12-13-20)22(27)14-21(25-23(24)28)19-6-4-3-5-7-19/h3-11,16,20-21H,12-15H2,1-2H3,(H3,24,25,28)/t21-/m0/s1. The van der Waals surface area contributed by atoms with E-state index in [1.54, 1.807) is 0 Å². The maximum absolute atomic E-state index is 13.1. The normalized spacial score (nSPS) is 14.5. The van der Waals surface area contributed by atoms with Gasteiger partial charge in [0.05, 0.1) is 12.5 Å². The Kier molecular flexibility index (Phi) is 6.34. The number of primary amides is 1. The maximum atomic E-state index is 13.1. The van der Waals surface area contributed by atoms with E-state index in [-0.39, 0.29) is 12.3 Å². The molecule has 2 aromatic carbocycles. The summed E-state index contributed by atoms with van der Waals surface area (Å²) in [6.45, 7) is 4.94. The Balaban J connectivity index is 1.72. The first-order valence-electron chi connectivity index (χ1n) is 9.93. The van der Waals surface area contributed by atoms with Gasteiger partial charge in [0.25, 0.3) is 0 Å². The number of carbonyl (C=O) groups is 2. The number of hydrogen-bond donors (Lipinski definition) is 2. The van der Waals surface area contributed by atoms with Crippen LogP contribution in [-0.2, 0) is 11.3 Å². The van der Waals surface area contributed by atoms with Crippen LogP contribution >= 0.6 is 0 Å². The van der Waals surface area contributed by atoms with E-state index in [2.05, 4.69) is 43.4 Å². The summed E-state index contributed by atoms with van der Waals surface area (Å²) in [7, 11) is 0. The molecule has 3 amide bonds. The number of nitrogens with zero attached hydrogens (tertiary/aromatic N) is 1. The lowest BCUT2D eigenvalue weighted by Crippen LogP contribution is -2.39. The van der Waals surface area contributed by atoms with Crippen molar-refractivity contribution in [1.29, 1.82) is 0 Å². The van der Waals surface area contributed by atoms with Crippen molar-refractivity contribution in [3.8, 4) is 0 Å². The molecule has 0 saturated heterocycles. The van der Waals surface area contributed by atoms with Crippen LogP contribution in [0.1, 0.15) is 61.8 Å². The molecule has 1 fully saturated rings. The topological polar surface area (TPSA) is 75.4 Å².